The van der Waals surface area contributed by atoms with Gasteiger partial charge in [0.15, 0.2) is 0 Å². The van der Waals surface area contributed by atoms with Crippen molar-refractivity contribution in [1.82, 2.24) is 0 Å². The van der Waals surface area contributed by atoms with Crippen molar-refractivity contribution in [2.24, 2.45) is 0 Å². The van der Waals surface area contributed by atoms with Gasteiger partial charge in [-0.2, -0.15) is 0 Å². The second-order valence-corrected chi connectivity index (χ2v) is 16.6. The number of halogens is 1. The van der Waals surface area contributed by atoms with Crippen molar-refractivity contribution >= 4 is 23.4 Å². The monoisotopic (exact) mass is 782 g/mol. The normalized spacial score (nSPS) is 19.6. The van der Waals surface area contributed by atoms with Crippen LogP contribution in [-0.4, -0.2) is 30.2 Å². The van der Waals surface area contributed by atoms with E-state index in [1.165, 1.54) is 11.1 Å². The van der Waals surface area contributed by atoms with Gasteiger partial charge in [-0.15, -0.1) is 11.8 Å². The molecule has 0 aliphatic carbocycles. The quantitative estimate of drug-likeness (QED) is 0.0921. The Balaban J connectivity index is 1.25. The highest BCUT2D eigenvalue weighted by Crippen LogP contribution is 2.48. The first-order valence-electron chi connectivity index (χ1n) is 19.6. The number of rotatable bonds is 17. The Labute approximate surface area is 342 Å². The standard InChI is InChI=1S/C50H51ClO4S/c1-36(2)42-25-23-37(24-26-42)29-44-30-43(27-28-45(44)51)50-49(55-34-41-21-13-6-14-22-41)48(54-33-40-19-11-5-12-20-40)47(53-32-39-17-9-4-10-18-39)46(56-50)35-52-31-38-15-7-3-8-16-38/h3-28,30,36,46-50H,29,31-35H2,1-2H3/t46-,47-,48+,49-,50+/m1/s1. The van der Waals surface area contributed by atoms with Gasteiger partial charge in [-0.1, -0.05) is 183 Å². The predicted molar refractivity (Wildman–Crippen MR) is 230 cm³/mol. The number of thioether (sulfide) groups is 1. The summed E-state index contributed by atoms with van der Waals surface area (Å²) in [5, 5.41) is 0.598. The van der Waals surface area contributed by atoms with E-state index in [0.717, 1.165) is 44.8 Å². The van der Waals surface area contributed by atoms with Gasteiger partial charge in [0.1, 0.15) is 18.3 Å². The number of ether oxygens (including phenoxy) is 4. The maximum absolute atomic E-state index is 7.07. The molecule has 6 aromatic carbocycles. The van der Waals surface area contributed by atoms with E-state index in [1.54, 1.807) is 0 Å². The summed E-state index contributed by atoms with van der Waals surface area (Å²) >= 11 is 8.83. The van der Waals surface area contributed by atoms with Gasteiger partial charge in [0.25, 0.3) is 0 Å². The Kier molecular flexibility index (Phi) is 14.5. The van der Waals surface area contributed by atoms with E-state index < -0.39 is 6.10 Å². The zero-order chi connectivity index (χ0) is 38.5. The molecule has 6 heteroatoms. The van der Waals surface area contributed by atoms with E-state index in [0.29, 0.717) is 39.0 Å². The second-order valence-electron chi connectivity index (χ2n) is 14.8. The van der Waals surface area contributed by atoms with E-state index in [-0.39, 0.29) is 22.7 Å². The highest BCUT2D eigenvalue weighted by molar-refractivity contribution is 8.00. The average molecular weight is 783 g/mol. The zero-order valence-electron chi connectivity index (χ0n) is 32.2. The maximum Gasteiger partial charge on any atom is 0.113 e. The van der Waals surface area contributed by atoms with Crippen molar-refractivity contribution in [3.63, 3.8) is 0 Å². The Morgan fingerprint density at radius 2 is 1.00 bits per heavy atom. The minimum absolute atomic E-state index is 0.0625. The summed E-state index contributed by atoms with van der Waals surface area (Å²) in [5.74, 6) is 0.481. The fourth-order valence-electron chi connectivity index (χ4n) is 7.21. The topological polar surface area (TPSA) is 36.9 Å². The van der Waals surface area contributed by atoms with E-state index in [1.807, 2.05) is 42.1 Å². The Bertz CT molecular complexity index is 2040. The lowest BCUT2D eigenvalue weighted by Crippen LogP contribution is -2.54. The second kappa shape index (κ2) is 20.3. The molecule has 1 saturated heterocycles. The summed E-state index contributed by atoms with van der Waals surface area (Å²) in [4.78, 5) is 0. The van der Waals surface area contributed by atoms with E-state index in [4.69, 9.17) is 30.5 Å². The number of benzene rings is 6. The van der Waals surface area contributed by atoms with E-state index in [9.17, 15) is 0 Å². The highest BCUT2D eigenvalue weighted by Gasteiger charge is 2.48. The van der Waals surface area contributed by atoms with Gasteiger partial charge in [0, 0.05) is 5.02 Å². The highest BCUT2D eigenvalue weighted by atomic mass is 35.5. The summed E-state index contributed by atoms with van der Waals surface area (Å²) in [6, 6.07) is 56.8. The molecule has 1 fully saturated rings. The SMILES string of the molecule is CC(C)c1ccc(Cc2cc([C@@H]3S[C@H](COCc4ccccc4)[C@@H](OCc4ccccc4)[C@H](OCc4ccccc4)[C@H]3OCc3ccccc3)ccc2Cl)cc1. The maximum atomic E-state index is 7.07. The molecule has 0 bridgehead atoms. The molecule has 5 atom stereocenters. The molecule has 1 aliphatic heterocycles. The van der Waals surface area contributed by atoms with Crippen LogP contribution in [0.2, 0.25) is 5.02 Å². The van der Waals surface area contributed by atoms with Gasteiger partial charge in [0.05, 0.1) is 43.5 Å². The molecule has 0 unspecified atom stereocenters. The van der Waals surface area contributed by atoms with Crippen LogP contribution in [0.25, 0.3) is 0 Å². The van der Waals surface area contributed by atoms with Gasteiger partial charge in [0.2, 0.25) is 0 Å². The lowest BCUT2D eigenvalue weighted by atomic mass is 9.93. The molecule has 1 aliphatic rings. The fourth-order valence-corrected chi connectivity index (χ4v) is 9.02. The lowest BCUT2D eigenvalue weighted by Gasteiger charge is -2.46. The smallest absolute Gasteiger partial charge is 0.113 e. The Morgan fingerprint density at radius 1 is 0.518 bits per heavy atom. The van der Waals surface area contributed by atoms with Crippen LogP contribution in [0.3, 0.4) is 0 Å². The summed E-state index contributed by atoms with van der Waals surface area (Å²) in [7, 11) is 0. The van der Waals surface area contributed by atoms with Gasteiger partial charge in [-0.25, -0.2) is 0 Å². The van der Waals surface area contributed by atoms with Crippen LogP contribution in [0.5, 0.6) is 0 Å². The molecule has 0 spiro atoms. The van der Waals surface area contributed by atoms with Crippen LogP contribution in [0.15, 0.2) is 164 Å². The van der Waals surface area contributed by atoms with Crippen LogP contribution < -0.4 is 0 Å². The molecule has 4 nitrogen and oxygen atoms in total. The van der Waals surface area contributed by atoms with E-state index in [2.05, 4.69) is 147 Å². The molecule has 0 amide bonds. The summed E-state index contributed by atoms with van der Waals surface area (Å²) in [6.07, 6.45) is -0.363. The van der Waals surface area contributed by atoms with Crippen LogP contribution in [-0.2, 0) is 51.8 Å². The van der Waals surface area contributed by atoms with Gasteiger partial charge in [-0.05, 0) is 62.9 Å². The molecule has 0 saturated carbocycles. The molecule has 288 valence electrons. The summed E-state index contributed by atoms with van der Waals surface area (Å²) in [6.45, 7) is 6.76. The fraction of sp³-hybridized carbons (Fsp3) is 0.280. The first-order chi connectivity index (χ1) is 27.5. The Hall–Kier alpha value is -4.20. The van der Waals surface area contributed by atoms with Crippen LogP contribution >= 0.6 is 23.4 Å². The molecular formula is C50H51ClO4S. The number of hydrogen-bond acceptors (Lipinski definition) is 5. The minimum atomic E-state index is -0.415. The third-order valence-corrected chi connectivity index (χ3v) is 12.3. The molecular weight excluding hydrogens is 732 g/mol. The zero-order valence-corrected chi connectivity index (χ0v) is 33.8. The average Bonchev–Trinajstić information content (AvgIpc) is 3.24. The van der Waals surface area contributed by atoms with Crippen molar-refractivity contribution in [2.75, 3.05) is 6.61 Å². The van der Waals surface area contributed by atoms with Gasteiger partial charge in [-0.3, -0.25) is 0 Å². The molecule has 6 aromatic rings. The number of hydrogen-bond donors (Lipinski definition) is 0. The van der Waals surface area contributed by atoms with Crippen molar-refractivity contribution in [1.29, 1.82) is 0 Å². The van der Waals surface area contributed by atoms with Gasteiger partial charge >= 0.3 is 0 Å². The largest absolute Gasteiger partial charge is 0.376 e. The summed E-state index contributed by atoms with van der Waals surface area (Å²) < 4.78 is 27.6. The van der Waals surface area contributed by atoms with Crippen LogP contribution in [0, 0.1) is 0 Å². The molecule has 0 radical (unpaired) electrons. The van der Waals surface area contributed by atoms with Crippen molar-refractivity contribution < 1.29 is 18.9 Å². The lowest BCUT2D eigenvalue weighted by molar-refractivity contribution is -0.160. The molecule has 7 rings (SSSR count). The van der Waals surface area contributed by atoms with Crippen LogP contribution in [0.1, 0.15) is 69.5 Å². The van der Waals surface area contributed by atoms with Crippen molar-refractivity contribution in [2.45, 2.75) is 81.4 Å². The third kappa shape index (κ3) is 11.0. The molecule has 1 heterocycles. The first kappa shape index (κ1) is 40.0. The van der Waals surface area contributed by atoms with E-state index >= 15 is 0 Å². The molecule has 0 N–H and O–H groups in total. The van der Waals surface area contributed by atoms with Crippen molar-refractivity contribution in [3.8, 4) is 0 Å². The van der Waals surface area contributed by atoms with Crippen LogP contribution in [0.4, 0.5) is 0 Å². The first-order valence-corrected chi connectivity index (χ1v) is 20.9. The van der Waals surface area contributed by atoms with Gasteiger partial charge < -0.3 is 18.9 Å². The van der Waals surface area contributed by atoms with Crippen molar-refractivity contribution in [3.05, 3.63) is 213 Å². The predicted octanol–water partition coefficient (Wildman–Crippen LogP) is 12.2. The third-order valence-electron chi connectivity index (χ3n) is 10.3. The molecule has 0 aromatic heterocycles. The summed E-state index contributed by atoms with van der Waals surface area (Å²) in [5.41, 5.74) is 9.24. The molecule has 56 heavy (non-hydrogen) atoms. The minimum Gasteiger partial charge on any atom is -0.376 e. The Morgan fingerprint density at radius 3 is 1.52 bits per heavy atom.